The fraction of sp³-hybridized carbons (Fsp3) is 0.833. The van der Waals surface area contributed by atoms with Crippen molar-refractivity contribution in [3.63, 3.8) is 0 Å². The average Bonchev–Trinajstić information content (AvgIpc) is 2.15. The van der Waals surface area contributed by atoms with Crippen LogP contribution >= 0.6 is 12.2 Å². The van der Waals surface area contributed by atoms with E-state index in [1.807, 2.05) is 32.6 Å². The molecule has 0 rings (SSSR count). The van der Waals surface area contributed by atoms with Gasteiger partial charge in [0.1, 0.15) is 0 Å². The minimum atomic E-state index is -0.164. The third-order valence-electron chi connectivity index (χ3n) is 2.80. The van der Waals surface area contributed by atoms with E-state index in [0.29, 0.717) is 18.1 Å². The first-order valence-corrected chi connectivity index (χ1v) is 6.42. The maximum absolute atomic E-state index is 11.9. The molecular weight excluding hydrogens is 234 g/mol. The molecule has 0 fully saturated rings. The first kappa shape index (κ1) is 16.3. The second kappa shape index (κ2) is 6.91. The predicted molar refractivity (Wildman–Crippen MR) is 76.0 cm³/mol. The molecule has 0 aromatic rings. The molecule has 0 bridgehead atoms. The summed E-state index contributed by atoms with van der Waals surface area (Å²) >= 11 is 4.88. The Bertz CT molecular complexity index is 277. The molecule has 0 aromatic carbocycles. The number of nitrogens with zero attached hydrogens (tertiary/aromatic N) is 1. The summed E-state index contributed by atoms with van der Waals surface area (Å²) in [5.74, 6) is 0.0156. The van der Waals surface area contributed by atoms with Crippen molar-refractivity contribution in [3.8, 4) is 0 Å². The number of amides is 1. The predicted octanol–water partition coefficient (Wildman–Crippen LogP) is 1.29. The van der Waals surface area contributed by atoms with Gasteiger partial charge in [-0.05, 0) is 34.1 Å². The lowest BCUT2D eigenvalue weighted by Gasteiger charge is -2.29. The van der Waals surface area contributed by atoms with Crippen molar-refractivity contribution >= 4 is 23.1 Å². The zero-order chi connectivity index (χ0) is 13.6. The zero-order valence-electron chi connectivity index (χ0n) is 11.5. The van der Waals surface area contributed by atoms with Crippen LogP contribution in [-0.2, 0) is 4.79 Å². The number of nitrogens with two attached hydrogens (primary N) is 1. The van der Waals surface area contributed by atoms with E-state index in [1.165, 1.54) is 0 Å². The van der Waals surface area contributed by atoms with Crippen LogP contribution in [0.1, 0.15) is 41.0 Å². The molecule has 0 radical (unpaired) electrons. The number of carbonyl (C=O) groups excluding carboxylic acids is 1. The van der Waals surface area contributed by atoms with Gasteiger partial charge in [0, 0.05) is 18.1 Å². The highest BCUT2D eigenvalue weighted by molar-refractivity contribution is 7.80. The molecule has 0 aromatic heterocycles. The molecule has 0 aliphatic carbocycles. The number of hydrogen-bond acceptors (Lipinski definition) is 3. The molecule has 17 heavy (non-hydrogen) atoms. The van der Waals surface area contributed by atoms with E-state index < -0.39 is 0 Å². The van der Waals surface area contributed by atoms with E-state index in [2.05, 4.69) is 12.2 Å². The van der Waals surface area contributed by atoms with E-state index in [-0.39, 0.29) is 17.5 Å². The summed E-state index contributed by atoms with van der Waals surface area (Å²) < 4.78 is 0. The number of thiocarbonyl (C=S) groups is 1. The molecule has 0 saturated heterocycles. The van der Waals surface area contributed by atoms with Crippen LogP contribution < -0.4 is 11.1 Å². The monoisotopic (exact) mass is 259 g/mol. The average molecular weight is 259 g/mol. The Labute approximate surface area is 110 Å². The molecule has 0 aliphatic rings. The van der Waals surface area contributed by atoms with Gasteiger partial charge in [0.25, 0.3) is 0 Å². The van der Waals surface area contributed by atoms with Gasteiger partial charge in [-0.1, -0.05) is 19.1 Å². The Hall–Kier alpha value is -0.680. The zero-order valence-corrected chi connectivity index (χ0v) is 12.4. The first-order chi connectivity index (χ1) is 7.68. The third-order valence-corrected chi connectivity index (χ3v) is 2.93. The highest BCUT2D eigenvalue weighted by atomic mass is 32.1. The van der Waals surface area contributed by atoms with Gasteiger partial charge in [0.2, 0.25) is 5.91 Å². The van der Waals surface area contributed by atoms with Crippen LogP contribution in [0.5, 0.6) is 0 Å². The molecule has 4 nitrogen and oxygen atoms in total. The molecule has 0 atom stereocenters. The van der Waals surface area contributed by atoms with E-state index in [4.69, 9.17) is 18.0 Å². The van der Waals surface area contributed by atoms with E-state index in [0.717, 1.165) is 6.42 Å². The van der Waals surface area contributed by atoms with Crippen molar-refractivity contribution in [2.45, 2.75) is 52.6 Å². The lowest BCUT2D eigenvalue weighted by atomic mass is 10.0. The van der Waals surface area contributed by atoms with Crippen LogP contribution in [0.3, 0.4) is 0 Å². The second-order valence-electron chi connectivity index (χ2n) is 5.25. The molecule has 0 heterocycles. The van der Waals surface area contributed by atoms with Gasteiger partial charge in [-0.2, -0.15) is 0 Å². The van der Waals surface area contributed by atoms with Crippen molar-refractivity contribution in [1.82, 2.24) is 10.2 Å². The quantitative estimate of drug-likeness (QED) is 0.676. The SMILES string of the molecule is CCC(C)(C)NC(=O)CN(CC(N)=S)C(C)C. The molecule has 1 amide bonds. The molecule has 0 saturated carbocycles. The number of nitrogens with one attached hydrogen (secondary N) is 1. The molecule has 3 N–H and O–H groups in total. The summed E-state index contributed by atoms with van der Waals surface area (Å²) in [6, 6.07) is 0.243. The van der Waals surface area contributed by atoms with E-state index in [1.54, 1.807) is 0 Å². The standard InChI is InChI=1S/C12H25N3OS/c1-6-12(4,5)14-11(16)8-15(9(2)3)7-10(13)17/h9H,6-8H2,1-5H3,(H2,13,17)(H,14,16). The smallest absolute Gasteiger partial charge is 0.234 e. The summed E-state index contributed by atoms with van der Waals surface area (Å²) in [4.78, 5) is 14.3. The van der Waals surface area contributed by atoms with E-state index >= 15 is 0 Å². The number of carbonyl (C=O) groups is 1. The summed E-state index contributed by atoms with van der Waals surface area (Å²) in [5, 5.41) is 3.00. The third kappa shape index (κ3) is 7.28. The largest absolute Gasteiger partial charge is 0.392 e. The van der Waals surface area contributed by atoms with Gasteiger partial charge in [-0.15, -0.1) is 0 Å². The molecule has 100 valence electrons. The summed E-state index contributed by atoms with van der Waals surface area (Å²) in [6.45, 7) is 10.9. The Morgan fingerprint density at radius 1 is 1.41 bits per heavy atom. The van der Waals surface area contributed by atoms with Crippen LogP contribution in [0.25, 0.3) is 0 Å². The summed E-state index contributed by atoms with van der Waals surface area (Å²) in [7, 11) is 0. The van der Waals surface area contributed by atoms with Crippen LogP contribution in [0.2, 0.25) is 0 Å². The van der Waals surface area contributed by atoms with Gasteiger partial charge in [0.05, 0.1) is 11.5 Å². The second-order valence-corrected chi connectivity index (χ2v) is 5.78. The summed E-state index contributed by atoms with van der Waals surface area (Å²) in [5.41, 5.74) is 5.35. The number of rotatable bonds is 7. The Morgan fingerprint density at radius 2 is 1.94 bits per heavy atom. The Morgan fingerprint density at radius 3 is 2.29 bits per heavy atom. The molecule has 0 aliphatic heterocycles. The topological polar surface area (TPSA) is 58.4 Å². The maximum Gasteiger partial charge on any atom is 0.234 e. The van der Waals surface area contributed by atoms with Crippen LogP contribution in [0, 0.1) is 0 Å². The first-order valence-electron chi connectivity index (χ1n) is 6.01. The van der Waals surface area contributed by atoms with Crippen molar-refractivity contribution in [1.29, 1.82) is 0 Å². The number of hydrogen-bond donors (Lipinski definition) is 2. The van der Waals surface area contributed by atoms with Gasteiger partial charge in [-0.25, -0.2) is 0 Å². The Kier molecular flexibility index (Phi) is 6.64. The van der Waals surface area contributed by atoms with Crippen molar-refractivity contribution in [3.05, 3.63) is 0 Å². The highest BCUT2D eigenvalue weighted by Gasteiger charge is 2.20. The van der Waals surface area contributed by atoms with Crippen LogP contribution in [-0.4, -0.2) is 40.5 Å². The van der Waals surface area contributed by atoms with Crippen LogP contribution in [0.15, 0.2) is 0 Å². The summed E-state index contributed by atoms with van der Waals surface area (Å²) in [6.07, 6.45) is 0.899. The van der Waals surface area contributed by atoms with E-state index in [9.17, 15) is 4.79 Å². The Balaban J connectivity index is 4.36. The highest BCUT2D eigenvalue weighted by Crippen LogP contribution is 2.07. The van der Waals surface area contributed by atoms with Gasteiger partial charge < -0.3 is 11.1 Å². The van der Waals surface area contributed by atoms with Gasteiger partial charge >= 0.3 is 0 Å². The fourth-order valence-electron chi connectivity index (χ4n) is 1.31. The molecular formula is C12H25N3OS. The normalized spacial score (nSPS) is 11.9. The molecule has 5 heteroatoms. The van der Waals surface area contributed by atoms with Crippen LogP contribution in [0.4, 0.5) is 0 Å². The lowest BCUT2D eigenvalue weighted by Crippen LogP contribution is -2.50. The lowest BCUT2D eigenvalue weighted by molar-refractivity contribution is -0.124. The maximum atomic E-state index is 11.9. The minimum Gasteiger partial charge on any atom is -0.392 e. The molecule has 0 unspecified atom stereocenters. The van der Waals surface area contributed by atoms with Crippen molar-refractivity contribution in [2.75, 3.05) is 13.1 Å². The fourth-order valence-corrected chi connectivity index (χ4v) is 1.48. The minimum absolute atomic E-state index is 0.0156. The van der Waals surface area contributed by atoms with Crippen molar-refractivity contribution in [2.24, 2.45) is 5.73 Å². The van der Waals surface area contributed by atoms with Crippen molar-refractivity contribution < 1.29 is 4.79 Å². The van der Waals surface area contributed by atoms with Gasteiger partial charge in [0.15, 0.2) is 0 Å². The molecule has 0 spiro atoms. The van der Waals surface area contributed by atoms with Gasteiger partial charge in [-0.3, -0.25) is 9.69 Å².